The van der Waals surface area contributed by atoms with Crippen LogP contribution in [0.3, 0.4) is 0 Å². The number of benzene rings is 2. The number of nitrogens with zero attached hydrogens (tertiary/aromatic N) is 1. The van der Waals surface area contributed by atoms with Crippen molar-refractivity contribution in [1.29, 1.82) is 0 Å². The quantitative estimate of drug-likeness (QED) is 0.504. The molecule has 8 heteroatoms. The Morgan fingerprint density at radius 2 is 1.77 bits per heavy atom. The first-order valence-electron chi connectivity index (χ1n) is 12.2. The van der Waals surface area contributed by atoms with Crippen molar-refractivity contribution in [3.63, 3.8) is 0 Å². The van der Waals surface area contributed by atoms with Crippen molar-refractivity contribution in [2.24, 2.45) is 0 Å². The van der Waals surface area contributed by atoms with Crippen molar-refractivity contribution in [3.05, 3.63) is 70.2 Å². The zero-order valence-electron chi connectivity index (χ0n) is 20.3. The second-order valence-electron chi connectivity index (χ2n) is 9.11. The van der Waals surface area contributed by atoms with E-state index in [0.29, 0.717) is 30.2 Å². The molecule has 2 aliphatic rings. The molecule has 1 unspecified atom stereocenters. The number of carbonyl (C=O) groups excluding carboxylic acids is 1. The molecule has 192 valence electrons. The van der Waals surface area contributed by atoms with Gasteiger partial charge in [-0.1, -0.05) is 54.9 Å². The van der Waals surface area contributed by atoms with E-state index in [4.69, 9.17) is 16.3 Å². The third-order valence-electron chi connectivity index (χ3n) is 6.84. The van der Waals surface area contributed by atoms with E-state index in [1.54, 1.807) is 6.07 Å². The fourth-order valence-corrected chi connectivity index (χ4v) is 5.04. The molecule has 4 rings (SSSR count). The molecule has 2 heterocycles. The summed E-state index contributed by atoms with van der Waals surface area (Å²) in [6.07, 6.45) is 0.309. The number of ether oxygens (including phenoxy) is 1. The van der Waals surface area contributed by atoms with Crippen LogP contribution in [0.25, 0.3) is 0 Å². The largest absolute Gasteiger partial charge is 0.416 e. The molecule has 0 aliphatic carbocycles. The Labute approximate surface area is 210 Å². The third-order valence-corrected chi connectivity index (χ3v) is 7.18. The van der Waals surface area contributed by atoms with Gasteiger partial charge < -0.3 is 10.1 Å². The minimum atomic E-state index is -4.22. The zero-order chi connectivity index (χ0) is 25.5. The SMILES string of the molecule is CC(NC(=O)C1(N2CCCC2)CCOCC1)c1ccccc1Cl.CCc1cccc(C(F)(F)F)c1. The fraction of sp³-hybridized carbons (Fsp3) is 0.519. The Balaban J connectivity index is 0.000000241. The topological polar surface area (TPSA) is 41.6 Å². The van der Waals surface area contributed by atoms with Gasteiger partial charge in [0.25, 0.3) is 0 Å². The molecule has 1 atom stereocenters. The number of hydrogen-bond acceptors (Lipinski definition) is 3. The maximum atomic E-state index is 13.2. The fourth-order valence-electron chi connectivity index (χ4n) is 4.74. The lowest BCUT2D eigenvalue weighted by atomic mass is 9.86. The molecule has 0 saturated carbocycles. The molecule has 0 aromatic heterocycles. The number of aryl methyl sites for hydroxylation is 1. The van der Waals surface area contributed by atoms with E-state index in [2.05, 4.69) is 10.2 Å². The number of amides is 1. The predicted molar refractivity (Wildman–Crippen MR) is 132 cm³/mol. The summed E-state index contributed by atoms with van der Waals surface area (Å²) < 4.78 is 41.8. The summed E-state index contributed by atoms with van der Waals surface area (Å²) in [5.74, 6) is 0.120. The number of halogens is 4. The molecule has 2 aliphatic heterocycles. The van der Waals surface area contributed by atoms with Gasteiger partial charge in [0.1, 0.15) is 5.54 Å². The first-order valence-corrected chi connectivity index (χ1v) is 12.6. The normalized spacial score (nSPS) is 18.9. The average molecular weight is 511 g/mol. The highest BCUT2D eigenvalue weighted by Gasteiger charge is 2.46. The molecule has 35 heavy (non-hydrogen) atoms. The number of hydrogen-bond donors (Lipinski definition) is 1. The maximum Gasteiger partial charge on any atom is 0.416 e. The summed E-state index contributed by atoms with van der Waals surface area (Å²) in [7, 11) is 0. The molecule has 0 bridgehead atoms. The lowest BCUT2D eigenvalue weighted by Crippen LogP contribution is -2.60. The van der Waals surface area contributed by atoms with E-state index in [1.807, 2.05) is 38.1 Å². The molecule has 4 nitrogen and oxygen atoms in total. The van der Waals surface area contributed by atoms with Crippen LogP contribution in [-0.2, 0) is 22.1 Å². The standard InChI is InChI=1S/C18H25ClN2O2.C9H9F3/c1-14(15-6-2-3-7-16(15)19)20-17(22)18(8-12-23-13-9-18)21-10-4-5-11-21;1-2-7-4-3-5-8(6-7)9(10,11)12/h2-3,6-7,14H,4-5,8-13H2,1H3,(H,20,22);3-6H,2H2,1H3. The lowest BCUT2D eigenvalue weighted by molar-refractivity contribution is -0.140. The van der Waals surface area contributed by atoms with Crippen molar-refractivity contribution >= 4 is 17.5 Å². The molecule has 2 aromatic carbocycles. The van der Waals surface area contributed by atoms with Crippen molar-refractivity contribution < 1.29 is 22.7 Å². The van der Waals surface area contributed by atoms with Crippen LogP contribution in [0, 0.1) is 0 Å². The van der Waals surface area contributed by atoms with Crippen molar-refractivity contribution in [2.45, 2.75) is 63.7 Å². The number of rotatable bonds is 5. The second kappa shape index (κ2) is 12.2. The smallest absolute Gasteiger partial charge is 0.381 e. The summed E-state index contributed by atoms with van der Waals surface area (Å²) in [5.41, 5.74) is 0.697. The number of alkyl halides is 3. The lowest BCUT2D eigenvalue weighted by Gasteiger charge is -2.43. The Kier molecular flexibility index (Phi) is 9.62. The van der Waals surface area contributed by atoms with Gasteiger partial charge in [-0.15, -0.1) is 0 Å². The number of likely N-dealkylation sites (tertiary alicyclic amines) is 1. The van der Waals surface area contributed by atoms with E-state index in [9.17, 15) is 18.0 Å². The average Bonchev–Trinajstić information content (AvgIpc) is 3.40. The summed E-state index contributed by atoms with van der Waals surface area (Å²) in [6.45, 7) is 7.15. The Morgan fingerprint density at radius 1 is 1.11 bits per heavy atom. The second-order valence-corrected chi connectivity index (χ2v) is 9.51. The molecule has 0 radical (unpaired) electrons. The minimum absolute atomic E-state index is 0.0986. The minimum Gasteiger partial charge on any atom is -0.381 e. The van der Waals surface area contributed by atoms with Gasteiger partial charge in [0, 0.05) is 18.2 Å². The van der Waals surface area contributed by atoms with Gasteiger partial charge in [-0.3, -0.25) is 9.69 Å². The summed E-state index contributed by atoms with van der Waals surface area (Å²) in [6, 6.07) is 13.0. The van der Waals surface area contributed by atoms with Gasteiger partial charge in [0.15, 0.2) is 0 Å². The van der Waals surface area contributed by atoms with Crippen LogP contribution in [-0.4, -0.2) is 42.6 Å². The van der Waals surface area contributed by atoms with E-state index in [1.165, 1.54) is 25.0 Å². The first kappa shape index (κ1) is 27.5. The monoisotopic (exact) mass is 510 g/mol. The van der Waals surface area contributed by atoms with Crippen LogP contribution in [0.2, 0.25) is 5.02 Å². The zero-order valence-corrected chi connectivity index (χ0v) is 21.1. The molecular weight excluding hydrogens is 477 g/mol. The maximum absolute atomic E-state index is 13.2. The van der Waals surface area contributed by atoms with E-state index in [-0.39, 0.29) is 11.9 Å². The van der Waals surface area contributed by atoms with Crippen LogP contribution in [0.5, 0.6) is 0 Å². The molecular formula is C27H34ClF3N2O2. The van der Waals surface area contributed by atoms with Gasteiger partial charge in [0.05, 0.1) is 11.6 Å². The molecule has 1 N–H and O–H groups in total. The van der Waals surface area contributed by atoms with Gasteiger partial charge in [-0.05, 0) is 75.4 Å². The van der Waals surface area contributed by atoms with Crippen LogP contribution in [0.1, 0.15) is 62.3 Å². The molecule has 1 amide bonds. The van der Waals surface area contributed by atoms with E-state index in [0.717, 1.165) is 37.6 Å². The van der Waals surface area contributed by atoms with Gasteiger partial charge in [0.2, 0.25) is 5.91 Å². The van der Waals surface area contributed by atoms with Crippen LogP contribution in [0.15, 0.2) is 48.5 Å². The summed E-state index contributed by atoms with van der Waals surface area (Å²) in [4.78, 5) is 15.5. The van der Waals surface area contributed by atoms with E-state index < -0.39 is 17.3 Å². The highest BCUT2D eigenvalue weighted by Crippen LogP contribution is 2.33. The van der Waals surface area contributed by atoms with Gasteiger partial charge in [-0.2, -0.15) is 13.2 Å². The molecule has 2 fully saturated rings. The summed E-state index contributed by atoms with van der Waals surface area (Å²) >= 11 is 6.27. The van der Waals surface area contributed by atoms with E-state index >= 15 is 0 Å². The molecule has 2 aromatic rings. The Bertz CT molecular complexity index is 971. The van der Waals surface area contributed by atoms with Gasteiger partial charge in [-0.25, -0.2) is 0 Å². The van der Waals surface area contributed by atoms with Crippen molar-refractivity contribution in [2.75, 3.05) is 26.3 Å². The highest BCUT2D eigenvalue weighted by atomic mass is 35.5. The molecule has 0 spiro atoms. The number of nitrogens with one attached hydrogen (secondary N) is 1. The molecule has 2 saturated heterocycles. The highest BCUT2D eigenvalue weighted by molar-refractivity contribution is 6.31. The first-order chi connectivity index (χ1) is 16.7. The van der Waals surface area contributed by atoms with Gasteiger partial charge >= 0.3 is 6.18 Å². The third kappa shape index (κ3) is 6.99. The van der Waals surface area contributed by atoms with Crippen molar-refractivity contribution in [3.8, 4) is 0 Å². The Morgan fingerprint density at radius 3 is 2.37 bits per heavy atom. The van der Waals surface area contributed by atoms with Crippen molar-refractivity contribution in [1.82, 2.24) is 10.2 Å². The Hall–Kier alpha value is -2.09. The summed E-state index contributed by atoms with van der Waals surface area (Å²) in [5, 5.41) is 3.90. The number of carbonyl (C=O) groups is 1. The van der Waals surface area contributed by atoms with Crippen LogP contribution >= 0.6 is 11.6 Å². The van der Waals surface area contributed by atoms with Crippen LogP contribution in [0.4, 0.5) is 13.2 Å². The predicted octanol–water partition coefficient (Wildman–Crippen LogP) is 6.43. The van der Waals surface area contributed by atoms with Crippen LogP contribution < -0.4 is 5.32 Å².